The molecule has 22 heavy (non-hydrogen) atoms. The Balaban J connectivity index is 1.26. The number of fused-ring (bicyclic) bond motifs is 2. The van der Waals surface area contributed by atoms with E-state index in [4.69, 9.17) is 14.2 Å². The molecule has 0 N–H and O–H groups in total. The molecular weight excluding hydrogens is 276 g/mol. The van der Waals surface area contributed by atoms with Crippen molar-refractivity contribution in [3.05, 3.63) is 0 Å². The van der Waals surface area contributed by atoms with E-state index in [9.17, 15) is 0 Å². The van der Waals surface area contributed by atoms with Gasteiger partial charge in [-0.15, -0.1) is 0 Å². The monoisotopic (exact) mass is 308 g/mol. The number of rotatable bonds is 4. The third-order valence-corrected chi connectivity index (χ3v) is 6.78. The second kappa shape index (κ2) is 5.19. The summed E-state index contributed by atoms with van der Waals surface area (Å²) >= 11 is 0. The second-order valence-corrected chi connectivity index (χ2v) is 9.39. The molecule has 2 heterocycles. The lowest BCUT2D eigenvalue weighted by molar-refractivity contribution is 0.0201. The highest BCUT2D eigenvalue weighted by Gasteiger charge is 2.62. The number of hydrogen-bond acceptors (Lipinski definition) is 3. The lowest BCUT2D eigenvalue weighted by Crippen LogP contribution is -2.38. The van der Waals surface area contributed by atoms with E-state index in [0.717, 1.165) is 19.1 Å². The third kappa shape index (κ3) is 2.85. The summed E-state index contributed by atoms with van der Waals surface area (Å²) in [5, 5.41) is 0. The molecule has 126 valence electrons. The van der Waals surface area contributed by atoms with Gasteiger partial charge in [0.15, 0.2) is 0 Å². The Labute approximate surface area is 135 Å². The van der Waals surface area contributed by atoms with Gasteiger partial charge in [-0.05, 0) is 56.3 Å². The maximum Gasteiger partial charge on any atom is 0.0970 e. The summed E-state index contributed by atoms with van der Waals surface area (Å²) in [7, 11) is 0. The van der Waals surface area contributed by atoms with Crippen LogP contribution in [0.15, 0.2) is 0 Å². The van der Waals surface area contributed by atoms with Crippen LogP contribution in [0.5, 0.6) is 0 Å². The SMILES string of the molecule is CC1CCC(COCC2CC(C)(C)CC3OC23C)CC2OC12. The van der Waals surface area contributed by atoms with Crippen molar-refractivity contribution in [3.8, 4) is 0 Å². The Morgan fingerprint density at radius 2 is 1.91 bits per heavy atom. The van der Waals surface area contributed by atoms with E-state index in [2.05, 4.69) is 27.7 Å². The largest absolute Gasteiger partial charge is 0.381 e. The van der Waals surface area contributed by atoms with Crippen LogP contribution in [0.25, 0.3) is 0 Å². The predicted molar refractivity (Wildman–Crippen MR) is 85.8 cm³/mol. The Morgan fingerprint density at radius 3 is 2.73 bits per heavy atom. The molecule has 2 aliphatic heterocycles. The van der Waals surface area contributed by atoms with E-state index >= 15 is 0 Å². The number of ether oxygens (including phenoxy) is 3. The zero-order valence-corrected chi connectivity index (χ0v) is 14.6. The average molecular weight is 308 g/mol. The molecule has 4 aliphatic rings. The summed E-state index contributed by atoms with van der Waals surface area (Å²) in [6.07, 6.45) is 7.83. The molecule has 0 spiro atoms. The van der Waals surface area contributed by atoms with Crippen molar-refractivity contribution in [3.63, 3.8) is 0 Å². The van der Waals surface area contributed by atoms with Crippen LogP contribution in [0.2, 0.25) is 0 Å². The molecule has 0 radical (unpaired) electrons. The van der Waals surface area contributed by atoms with Gasteiger partial charge in [0, 0.05) is 12.5 Å². The van der Waals surface area contributed by atoms with E-state index in [-0.39, 0.29) is 5.60 Å². The second-order valence-electron chi connectivity index (χ2n) is 9.39. The molecule has 0 bridgehead atoms. The lowest BCUT2D eigenvalue weighted by atomic mass is 9.68. The fourth-order valence-electron chi connectivity index (χ4n) is 5.04. The first-order valence-corrected chi connectivity index (χ1v) is 9.28. The van der Waals surface area contributed by atoms with Crippen LogP contribution in [-0.2, 0) is 14.2 Å². The van der Waals surface area contributed by atoms with Crippen molar-refractivity contribution in [1.82, 2.24) is 0 Å². The van der Waals surface area contributed by atoms with Gasteiger partial charge in [-0.3, -0.25) is 0 Å². The number of epoxide rings is 2. The Morgan fingerprint density at radius 1 is 1.09 bits per heavy atom. The molecule has 0 aromatic rings. The van der Waals surface area contributed by atoms with Gasteiger partial charge in [0.2, 0.25) is 0 Å². The Kier molecular flexibility index (Phi) is 3.63. The molecule has 4 fully saturated rings. The molecule has 3 heteroatoms. The van der Waals surface area contributed by atoms with Gasteiger partial charge >= 0.3 is 0 Å². The standard InChI is InChI=1S/C19H32O3/c1-12-5-6-13(7-15-17(12)21-15)10-20-11-14-8-18(2,3)9-16-19(14,4)22-16/h12-17H,5-11H2,1-4H3. The molecule has 0 aromatic heterocycles. The highest BCUT2D eigenvalue weighted by atomic mass is 16.6. The lowest BCUT2D eigenvalue weighted by Gasteiger charge is -2.36. The van der Waals surface area contributed by atoms with E-state index in [1.807, 2.05) is 0 Å². The van der Waals surface area contributed by atoms with E-state index in [1.165, 1.54) is 32.1 Å². The smallest absolute Gasteiger partial charge is 0.0970 e. The summed E-state index contributed by atoms with van der Waals surface area (Å²) in [4.78, 5) is 0. The van der Waals surface area contributed by atoms with Gasteiger partial charge in [0.05, 0.1) is 30.5 Å². The molecular formula is C19H32O3. The molecule has 7 unspecified atom stereocenters. The molecule has 2 aliphatic carbocycles. The molecule has 3 nitrogen and oxygen atoms in total. The normalized spacial score (nSPS) is 52.4. The van der Waals surface area contributed by atoms with Gasteiger partial charge in [-0.1, -0.05) is 20.8 Å². The van der Waals surface area contributed by atoms with E-state index in [0.29, 0.717) is 35.6 Å². The molecule has 7 atom stereocenters. The zero-order chi connectivity index (χ0) is 15.5. The summed E-state index contributed by atoms with van der Waals surface area (Å²) in [5.74, 6) is 2.00. The van der Waals surface area contributed by atoms with Crippen LogP contribution in [0, 0.1) is 23.2 Å². The number of hydrogen-bond donors (Lipinski definition) is 0. The van der Waals surface area contributed by atoms with Crippen LogP contribution >= 0.6 is 0 Å². The summed E-state index contributed by atoms with van der Waals surface area (Å²) in [5.41, 5.74) is 0.514. The summed E-state index contributed by atoms with van der Waals surface area (Å²) in [6, 6.07) is 0. The van der Waals surface area contributed by atoms with Crippen molar-refractivity contribution in [2.24, 2.45) is 23.2 Å². The van der Waals surface area contributed by atoms with E-state index < -0.39 is 0 Å². The molecule has 0 amide bonds. The van der Waals surface area contributed by atoms with Crippen LogP contribution in [0.3, 0.4) is 0 Å². The topological polar surface area (TPSA) is 34.3 Å². The Bertz CT molecular complexity index is 434. The fraction of sp³-hybridized carbons (Fsp3) is 1.00. The molecule has 0 aromatic carbocycles. The van der Waals surface area contributed by atoms with Crippen molar-refractivity contribution in [1.29, 1.82) is 0 Å². The van der Waals surface area contributed by atoms with Gasteiger partial charge in [-0.2, -0.15) is 0 Å². The third-order valence-electron chi connectivity index (χ3n) is 6.78. The fourth-order valence-corrected chi connectivity index (χ4v) is 5.04. The average Bonchev–Trinajstić information content (AvgIpc) is 3.30. The summed E-state index contributed by atoms with van der Waals surface area (Å²) in [6.45, 7) is 11.2. The van der Waals surface area contributed by atoms with Crippen LogP contribution in [0.4, 0.5) is 0 Å². The van der Waals surface area contributed by atoms with Crippen molar-refractivity contribution in [2.75, 3.05) is 13.2 Å². The Hall–Kier alpha value is -0.120. The maximum absolute atomic E-state index is 6.19. The first-order valence-electron chi connectivity index (χ1n) is 9.28. The highest BCUT2D eigenvalue weighted by molar-refractivity contribution is 5.10. The maximum atomic E-state index is 6.19. The van der Waals surface area contributed by atoms with Crippen LogP contribution < -0.4 is 0 Å². The first-order chi connectivity index (χ1) is 10.4. The quantitative estimate of drug-likeness (QED) is 0.741. The van der Waals surface area contributed by atoms with Gasteiger partial charge < -0.3 is 14.2 Å². The molecule has 2 saturated heterocycles. The minimum Gasteiger partial charge on any atom is -0.381 e. The predicted octanol–water partition coefficient (Wildman–Crippen LogP) is 3.80. The van der Waals surface area contributed by atoms with Crippen molar-refractivity contribution < 1.29 is 14.2 Å². The minimum atomic E-state index is 0.109. The van der Waals surface area contributed by atoms with Crippen molar-refractivity contribution >= 4 is 0 Å². The van der Waals surface area contributed by atoms with Gasteiger partial charge in [0.1, 0.15) is 0 Å². The van der Waals surface area contributed by atoms with Crippen molar-refractivity contribution in [2.45, 2.75) is 83.7 Å². The van der Waals surface area contributed by atoms with Gasteiger partial charge in [-0.25, -0.2) is 0 Å². The van der Waals surface area contributed by atoms with Crippen LogP contribution in [-0.4, -0.2) is 37.1 Å². The molecule has 2 saturated carbocycles. The highest BCUT2D eigenvalue weighted by Crippen LogP contribution is 2.56. The van der Waals surface area contributed by atoms with E-state index in [1.54, 1.807) is 0 Å². The zero-order valence-electron chi connectivity index (χ0n) is 14.6. The first kappa shape index (κ1) is 15.4. The summed E-state index contributed by atoms with van der Waals surface area (Å²) < 4.78 is 18.0. The van der Waals surface area contributed by atoms with Crippen LogP contribution in [0.1, 0.15) is 59.8 Å². The molecule has 4 rings (SSSR count). The van der Waals surface area contributed by atoms with Gasteiger partial charge in [0.25, 0.3) is 0 Å². The minimum absolute atomic E-state index is 0.109.